The maximum absolute atomic E-state index is 13.8. The Morgan fingerprint density at radius 3 is 1.24 bits per heavy atom. The van der Waals surface area contributed by atoms with Crippen molar-refractivity contribution in [2.24, 2.45) is 0 Å². The molecule has 67 heavy (non-hydrogen) atoms. The summed E-state index contributed by atoms with van der Waals surface area (Å²) >= 11 is -0.691. The molecule has 0 unspecified atom stereocenters. The van der Waals surface area contributed by atoms with E-state index in [0.29, 0.717) is 6.20 Å². The fraction of sp³-hybridized carbons (Fsp3) is 0.667. The van der Waals surface area contributed by atoms with Crippen LogP contribution in [0.1, 0.15) is 58.0 Å². The van der Waals surface area contributed by atoms with E-state index in [9.17, 15) is 144 Å². The van der Waals surface area contributed by atoms with Gasteiger partial charge in [-0.3, -0.25) is 45.7 Å². The highest BCUT2D eigenvalue weighted by Gasteiger charge is 2.84. The normalized spacial score (nSPS) is 18.2. The van der Waals surface area contributed by atoms with Crippen molar-refractivity contribution in [3.63, 3.8) is 0 Å². The predicted octanol–water partition coefficient (Wildman–Crippen LogP) is -2.38. The van der Waals surface area contributed by atoms with Gasteiger partial charge in [0.25, 0.3) is 16.0 Å². The lowest BCUT2D eigenvalue weighted by atomic mass is 9.82. The van der Waals surface area contributed by atoms with Crippen molar-refractivity contribution < 1.29 is 153 Å². The summed E-state index contributed by atoms with van der Waals surface area (Å²) in [6.45, 7) is -0.702. The third-order valence-electron chi connectivity index (χ3n) is 10.4. The lowest BCUT2D eigenvalue weighted by molar-refractivity contribution is -0.700. The molecular weight excluding hydrogens is 1150 g/mol. The molecular formula is C21H41N4O31P10S+. The van der Waals surface area contributed by atoms with Gasteiger partial charge in [0.15, 0.2) is 22.7 Å². The van der Waals surface area contributed by atoms with Crippen LogP contribution >= 0.6 is 87.3 Å². The van der Waals surface area contributed by atoms with Gasteiger partial charge in [-0.15, -0.1) is 0 Å². The number of nitrogens with two attached hydrogens (primary N) is 1. The van der Waals surface area contributed by atoms with Gasteiger partial charge in [0, 0.05) is 11.6 Å². The fourth-order valence-corrected chi connectivity index (χ4v) is 27.6. The van der Waals surface area contributed by atoms with Gasteiger partial charge in [0.2, 0.25) is 5.69 Å². The number of hydrogen-bond donors (Lipinski definition) is 21. The van der Waals surface area contributed by atoms with E-state index in [1.165, 1.54) is 0 Å². The van der Waals surface area contributed by atoms with E-state index in [1.54, 1.807) is 0 Å². The number of ether oxygens (including phenoxy) is 1. The Balaban J connectivity index is 2.70. The third-order valence-corrected chi connectivity index (χ3v) is 30.8. The van der Waals surface area contributed by atoms with Crippen molar-refractivity contribution in [2.75, 3.05) is 5.73 Å². The number of rotatable bonds is 21. The van der Waals surface area contributed by atoms with Crippen LogP contribution in [-0.2, 0) is 67.8 Å². The van der Waals surface area contributed by atoms with E-state index in [2.05, 4.69) is 9.97 Å². The second-order valence-electron chi connectivity index (χ2n) is 15.4. The SMILES string of the molecule is Cc1ncc(C[n+]2c(C(P(=O)(O)O)P(=O)(O)O)sc(C3(C4(OC(P(=O)(O)O)P(=O)(O)O)CC4)CC3)c2C(C(P(=O)(O)O)P(=O)(O)O)(C(P(=O)(O)O)P(=O)(O)O)C(P(=O)(O)O)P(=O)(O)O)c(N)n1. The zero-order valence-electron chi connectivity index (χ0n) is 32.7. The number of thiazole rings is 1. The minimum atomic E-state index is -7.65. The van der Waals surface area contributed by atoms with Crippen LogP contribution in [0.2, 0.25) is 0 Å². The van der Waals surface area contributed by atoms with Gasteiger partial charge in [0.1, 0.15) is 17.1 Å². The molecule has 2 aromatic rings. The van der Waals surface area contributed by atoms with E-state index in [4.69, 9.17) is 10.5 Å². The van der Waals surface area contributed by atoms with Gasteiger partial charge in [-0.05, 0) is 32.6 Å². The molecule has 0 atom stereocenters. The van der Waals surface area contributed by atoms with Crippen LogP contribution in [0.5, 0.6) is 0 Å². The highest BCUT2D eigenvalue weighted by atomic mass is 32.1. The highest BCUT2D eigenvalue weighted by molar-refractivity contribution is 7.75. The lowest BCUT2D eigenvalue weighted by Gasteiger charge is -2.47. The Hall–Kier alpha value is -0.0300. The van der Waals surface area contributed by atoms with Crippen molar-refractivity contribution in [1.29, 1.82) is 0 Å². The molecule has 2 aliphatic rings. The van der Waals surface area contributed by atoms with Crippen LogP contribution in [-0.4, -0.2) is 135 Å². The number of nitrogen functional groups attached to an aromatic ring is 1. The molecule has 35 nitrogen and oxygen atoms in total. The standard InChI is InChI=1S/C21H40N4O31P10S/c1-8-23-6-9(12(22)24-8)7-25-10(21(15(59(32,33)34)60(35,36)37,16(61(38,39)40)62(41,42)43)17(63(44,45)46)64(47,48)49)11(67-13(25)14(57(26,27)28)58(29,30)31)19(2-3-19)20(4-5-20)56-18(65(50,51)52)66(53,54)55/h6,14-18H,2-5,7H2,1H3,(H21-,22,23,24,26,27,28,29,30,31,32,33,34,35,36,37,38,39,40,41,42,43,44,45,46,47,48,49,50,51,52,53,54,55)/p+1. The quantitative estimate of drug-likeness (QED) is 0.0458. The molecule has 22 N–H and O–H groups in total. The van der Waals surface area contributed by atoms with Crippen LogP contribution in [0.15, 0.2) is 6.20 Å². The van der Waals surface area contributed by atoms with Crippen molar-refractivity contribution in [2.45, 2.75) is 82.8 Å². The molecule has 0 spiro atoms. The van der Waals surface area contributed by atoms with E-state index >= 15 is 0 Å². The molecule has 386 valence electrons. The summed E-state index contributed by atoms with van der Waals surface area (Å²) in [5.41, 5.74) is -12.4. The summed E-state index contributed by atoms with van der Waals surface area (Å²) < 4.78 is 139. The topological polar surface area (TPSA) is 640 Å². The molecule has 4 rings (SSSR count). The Bertz CT molecular complexity index is 2580. The second-order valence-corrected chi connectivity index (χ2v) is 35.3. The fourth-order valence-electron chi connectivity index (χ4n) is 8.23. The minimum Gasteiger partial charge on any atom is -0.383 e. The molecule has 0 aromatic carbocycles. The Morgan fingerprint density at radius 2 is 0.970 bits per heavy atom. The first kappa shape index (κ1) is 59.5. The zero-order chi connectivity index (χ0) is 52.5. The second kappa shape index (κ2) is 18.1. The molecule has 2 aliphatic carbocycles. The molecule has 0 bridgehead atoms. The van der Waals surface area contributed by atoms with Gasteiger partial charge in [0.05, 0.1) is 16.0 Å². The largest absolute Gasteiger partial charge is 0.383 e. The van der Waals surface area contributed by atoms with Crippen LogP contribution in [0.4, 0.5) is 5.82 Å². The average molecular weight is 1190 g/mol. The van der Waals surface area contributed by atoms with Crippen LogP contribution in [0, 0.1) is 6.92 Å². The van der Waals surface area contributed by atoms with Crippen molar-refractivity contribution in [1.82, 2.24) is 9.97 Å². The molecule has 2 heterocycles. The van der Waals surface area contributed by atoms with Crippen LogP contribution in [0.25, 0.3) is 0 Å². The number of aryl methyl sites for hydroxylation is 1. The Morgan fingerprint density at radius 1 is 0.612 bits per heavy atom. The summed E-state index contributed by atoms with van der Waals surface area (Å²) in [4.78, 5) is 219. The number of nitrogens with zero attached hydrogens (tertiary/aromatic N) is 3. The van der Waals surface area contributed by atoms with Gasteiger partial charge in [-0.25, -0.2) is 9.97 Å². The molecule has 46 heteroatoms. The molecule has 2 fully saturated rings. The molecule has 2 aromatic heterocycles. The maximum Gasteiger partial charge on any atom is 0.366 e. The molecule has 0 radical (unpaired) electrons. The summed E-state index contributed by atoms with van der Waals surface area (Å²) in [6.07, 6.45) is -2.89. The summed E-state index contributed by atoms with van der Waals surface area (Å²) in [5, 5.41) is -20.9. The minimum absolute atomic E-state index is 0.279. The first-order chi connectivity index (χ1) is 29.3. The van der Waals surface area contributed by atoms with Gasteiger partial charge < -0.3 is 108 Å². The smallest absolute Gasteiger partial charge is 0.366 e. The van der Waals surface area contributed by atoms with Crippen LogP contribution in [0.3, 0.4) is 0 Å². The number of aromatic nitrogens is 3. The molecule has 2 saturated carbocycles. The lowest BCUT2D eigenvalue weighted by Crippen LogP contribution is -2.63. The van der Waals surface area contributed by atoms with Gasteiger partial charge >= 0.3 is 76.0 Å². The summed E-state index contributed by atoms with van der Waals surface area (Å²) in [7, 11) is -71.9. The number of anilines is 1. The van der Waals surface area contributed by atoms with E-state index in [1.807, 2.05) is 0 Å². The van der Waals surface area contributed by atoms with E-state index in [0.717, 1.165) is 6.92 Å². The monoisotopic (exact) mass is 1190 g/mol. The van der Waals surface area contributed by atoms with Crippen molar-refractivity contribution in [3.05, 3.63) is 33.2 Å². The Labute approximate surface area is 376 Å². The molecule has 0 saturated heterocycles. The van der Waals surface area contributed by atoms with E-state index in [-0.39, 0.29) is 5.82 Å². The first-order valence-electron chi connectivity index (χ1n) is 17.2. The average Bonchev–Trinajstić information content (AvgIpc) is 3.92. The van der Waals surface area contributed by atoms with Crippen molar-refractivity contribution in [3.8, 4) is 0 Å². The van der Waals surface area contributed by atoms with Crippen LogP contribution < -0.4 is 10.3 Å². The van der Waals surface area contributed by atoms with Crippen molar-refractivity contribution >= 4 is 93.1 Å². The van der Waals surface area contributed by atoms with Gasteiger partial charge in [-0.1, -0.05) is 11.3 Å². The molecule has 0 amide bonds. The predicted molar refractivity (Wildman–Crippen MR) is 219 cm³/mol. The first-order valence-corrected chi connectivity index (χ1v) is 34.8. The number of hydrogen-bond acceptors (Lipinski definition) is 15. The third kappa shape index (κ3) is 11.8. The maximum atomic E-state index is 13.8. The summed E-state index contributed by atoms with van der Waals surface area (Å²) in [6, 6.07) is 0. The highest BCUT2D eigenvalue weighted by Crippen LogP contribution is 2.85. The zero-order valence-corrected chi connectivity index (χ0v) is 42.5. The molecule has 0 aliphatic heterocycles. The van der Waals surface area contributed by atoms with Gasteiger partial charge in [-0.2, -0.15) is 4.57 Å². The Kier molecular flexibility index (Phi) is 16.1. The summed E-state index contributed by atoms with van der Waals surface area (Å²) in [5.74, 6) is -1.17. The van der Waals surface area contributed by atoms with E-state index < -0.39 is 195 Å².